The van der Waals surface area contributed by atoms with Crippen molar-refractivity contribution in [1.82, 2.24) is 10.2 Å². The van der Waals surface area contributed by atoms with Gasteiger partial charge in [-0.2, -0.15) is 0 Å². The Hall–Kier alpha value is -3.09. The number of carbonyl (C=O) groups is 3. The molecule has 0 aliphatic carbocycles. The highest BCUT2D eigenvalue weighted by Gasteiger charge is 2.14. The van der Waals surface area contributed by atoms with Gasteiger partial charge < -0.3 is 19.7 Å². The number of esters is 1. The molecule has 0 aliphatic rings. The van der Waals surface area contributed by atoms with E-state index in [1.54, 1.807) is 6.07 Å². The summed E-state index contributed by atoms with van der Waals surface area (Å²) < 4.78 is 10.2. The number of hydrogen-bond donors (Lipinski definition) is 1. The fourth-order valence-electron chi connectivity index (χ4n) is 2.08. The van der Waals surface area contributed by atoms with Crippen LogP contribution in [0.15, 0.2) is 42.5 Å². The molecule has 2 aromatic rings. The summed E-state index contributed by atoms with van der Waals surface area (Å²) in [6.45, 7) is -0.835. The van der Waals surface area contributed by atoms with Gasteiger partial charge in [-0.05, 0) is 22.9 Å². The SMILES string of the molecule is CNC(=O)CN(C)C(=O)COC(=O)COc1ccc2ccccc2c1. The first-order valence-corrected chi connectivity index (χ1v) is 7.71. The molecule has 0 fully saturated rings. The quantitative estimate of drug-likeness (QED) is 0.757. The van der Waals surface area contributed by atoms with Gasteiger partial charge in [0, 0.05) is 14.1 Å². The van der Waals surface area contributed by atoms with Crippen LogP contribution in [0.25, 0.3) is 10.8 Å². The van der Waals surface area contributed by atoms with Gasteiger partial charge in [0.25, 0.3) is 5.91 Å². The van der Waals surface area contributed by atoms with E-state index in [4.69, 9.17) is 9.47 Å². The lowest BCUT2D eigenvalue weighted by Gasteiger charge is -2.16. The predicted octanol–water partition coefficient (Wildman–Crippen LogP) is 0.966. The van der Waals surface area contributed by atoms with Gasteiger partial charge in [-0.15, -0.1) is 0 Å². The second kappa shape index (κ2) is 8.68. The molecule has 0 aromatic heterocycles. The molecule has 0 spiro atoms. The van der Waals surface area contributed by atoms with Crippen LogP contribution in [-0.4, -0.2) is 56.5 Å². The van der Waals surface area contributed by atoms with Crippen LogP contribution in [0.1, 0.15) is 0 Å². The minimum atomic E-state index is -0.658. The second-order valence-electron chi connectivity index (χ2n) is 5.38. The molecular formula is C18H20N2O5. The highest BCUT2D eigenvalue weighted by molar-refractivity contribution is 5.86. The molecule has 2 aromatic carbocycles. The Kier molecular flexibility index (Phi) is 6.33. The number of ether oxygens (including phenoxy) is 2. The predicted molar refractivity (Wildman–Crippen MR) is 92.1 cm³/mol. The summed E-state index contributed by atoms with van der Waals surface area (Å²) >= 11 is 0. The normalized spacial score (nSPS) is 10.2. The summed E-state index contributed by atoms with van der Waals surface area (Å²) in [6.07, 6.45) is 0. The third-order valence-corrected chi connectivity index (χ3v) is 3.52. The average Bonchev–Trinajstić information content (AvgIpc) is 2.63. The van der Waals surface area contributed by atoms with Gasteiger partial charge >= 0.3 is 5.97 Å². The van der Waals surface area contributed by atoms with E-state index in [-0.39, 0.29) is 19.1 Å². The first-order chi connectivity index (χ1) is 12.0. The van der Waals surface area contributed by atoms with Crippen LogP contribution in [-0.2, 0) is 19.1 Å². The van der Waals surface area contributed by atoms with Crippen LogP contribution in [0.4, 0.5) is 0 Å². The minimum absolute atomic E-state index is 0.0968. The van der Waals surface area contributed by atoms with Crippen LogP contribution < -0.4 is 10.1 Å². The van der Waals surface area contributed by atoms with Crippen molar-refractivity contribution in [3.05, 3.63) is 42.5 Å². The molecule has 2 rings (SSSR count). The molecule has 25 heavy (non-hydrogen) atoms. The van der Waals surface area contributed by atoms with Crippen LogP contribution in [0, 0.1) is 0 Å². The molecule has 7 nitrogen and oxygen atoms in total. The lowest BCUT2D eigenvalue weighted by Crippen LogP contribution is -2.39. The topological polar surface area (TPSA) is 84.9 Å². The third-order valence-electron chi connectivity index (χ3n) is 3.52. The zero-order valence-corrected chi connectivity index (χ0v) is 14.2. The van der Waals surface area contributed by atoms with E-state index >= 15 is 0 Å². The van der Waals surface area contributed by atoms with Gasteiger partial charge in [0.2, 0.25) is 5.91 Å². The molecule has 0 bridgehead atoms. The molecule has 2 amide bonds. The van der Waals surface area contributed by atoms with Crippen LogP contribution in [0.5, 0.6) is 5.75 Å². The van der Waals surface area contributed by atoms with Crippen LogP contribution >= 0.6 is 0 Å². The number of amides is 2. The van der Waals surface area contributed by atoms with Gasteiger partial charge in [-0.1, -0.05) is 30.3 Å². The summed E-state index contributed by atoms with van der Waals surface area (Å²) in [4.78, 5) is 35.8. The molecule has 0 aliphatic heterocycles. The Labute approximate surface area is 145 Å². The number of nitrogens with one attached hydrogen (secondary N) is 1. The van der Waals surface area contributed by atoms with Crippen molar-refractivity contribution in [2.45, 2.75) is 0 Å². The summed E-state index contributed by atoms with van der Waals surface area (Å²) in [5, 5.41) is 4.48. The minimum Gasteiger partial charge on any atom is -0.482 e. The number of carbonyl (C=O) groups excluding carboxylic acids is 3. The van der Waals surface area contributed by atoms with Crippen molar-refractivity contribution < 1.29 is 23.9 Å². The number of fused-ring (bicyclic) bond motifs is 1. The number of benzene rings is 2. The molecule has 132 valence electrons. The first-order valence-electron chi connectivity index (χ1n) is 7.71. The zero-order valence-electron chi connectivity index (χ0n) is 14.2. The van der Waals surface area contributed by atoms with Crippen molar-refractivity contribution in [2.24, 2.45) is 0 Å². The second-order valence-corrected chi connectivity index (χ2v) is 5.38. The molecule has 0 atom stereocenters. The fraction of sp³-hybridized carbons (Fsp3) is 0.278. The first kappa shape index (κ1) is 18.3. The van der Waals surface area contributed by atoms with Crippen molar-refractivity contribution in [1.29, 1.82) is 0 Å². The van der Waals surface area contributed by atoms with Crippen molar-refractivity contribution in [3.8, 4) is 5.75 Å². The van der Waals surface area contributed by atoms with E-state index in [2.05, 4.69) is 5.32 Å². The highest BCUT2D eigenvalue weighted by Crippen LogP contribution is 2.20. The van der Waals surface area contributed by atoms with E-state index in [9.17, 15) is 14.4 Å². The van der Waals surface area contributed by atoms with E-state index in [1.165, 1.54) is 19.0 Å². The molecule has 0 saturated heterocycles. The summed E-state index contributed by atoms with van der Waals surface area (Å²) in [5.41, 5.74) is 0. The van der Waals surface area contributed by atoms with Crippen molar-refractivity contribution in [3.63, 3.8) is 0 Å². The number of rotatable bonds is 7. The maximum absolute atomic E-state index is 11.7. The number of nitrogens with zero attached hydrogens (tertiary/aromatic N) is 1. The molecular weight excluding hydrogens is 324 g/mol. The van der Waals surface area contributed by atoms with Gasteiger partial charge in [0.15, 0.2) is 13.2 Å². The molecule has 0 radical (unpaired) electrons. The van der Waals surface area contributed by atoms with E-state index in [1.807, 2.05) is 36.4 Å². The average molecular weight is 344 g/mol. The molecule has 0 unspecified atom stereocenters. The number of likely N-dealkylation sites (N-methyl/N-ethyl adjacent to an activating group) is 2. The Balaban J connectivity index is 1.78. The summed E-state index contributed by atoms with van der Waals surface area (Å²) in [5.74, 6) is -0.891. The van der Waals surface area contributed by atoms with Crippen LogP contribution in [0.3, 0.4) is 0 Å². The highest BCUT2D eigenvalue weighted by atomic mass is 16.6. The van der Waals surface area contributed by atoms with E-state index < -0.39 is 18.5 Å². The van der Waals surface area contributed by atoms with E-state index in [0.29, 0.717) is 5.75 Å². The third kappa shape index (κ3) is 5.49. The molecule has 0 saturated carbocycles. The maximum Gasteiger partial charge on any atom is 0.344 e. The van der Waals surface area contributed by atoms with Crippen molar-refractivity contribution >= 4 is 28.6 Å². The van der Waals surface area contributed by atoms with Gasteiger partial charge in [0.1, 0.15) is 5.75 Å². The van der Waals surface area contributed by atoms with E-state index in [0.717, 1.165) is 10.8 Å². The van der Waals surface area contributed by atoms with Gasteiger partial charge in [-0.3, -0.25) is 9.59 Å². The molecule has 0 heterocycles. The Morgan fingerprint density at radius 2 is 1.76 bits per heavy atom. The van der Waals surface area contributed by atoms with Crippen molar-refractivity contribution in [2.75, 3.05) is 33.9 Å². The lowest BCUT2D eigenvalue weighted by molar-refractivity contribution is -0.153. The standard InChI is InChI=1S/C18H20N2O5/c1-19-16(21)10-20(2)17(22)11-25-18(23)12-24-15-8-7-13-5-3-4-6-14(13)9-15/h3-9H,10-12H2,1-2H3,(H,19,21). The monoisotopic (exact) mass is 344 g/mol. The molecule has 1 N–H and O–H groups in total. The van der Waals surface area contributed by atoms with Gasteiger partial charge in [0.05, 0.1) is 6.54 Å². The van der Waals surface area contributed by atoms with Crippen LogP contribution in [0.2, 0.25) is 0 Å². The maximum atomic E-state index is 11.7. The lowest BCUT2D eigenvalue weighted by atomic mass is 10.1. The Morgan fingerprint density at radius 1 is 1.04 bits per heavy atom. The largest absolute Gasteiger partial charge is 0.482 e. The Morgan fingerprint density at radius 3 is 2.48 bits per heavy atom. The zero-order chi connectivity index (χ0) is 18.2. The molecule has 7 heteroatoms. The van der Waals surface area contributed by atoms with Gasteiger partial charge in [-0.25, -0.2) is 4.79 Å². The smallest absolute Gasteiger partial charge is 0.344 e. The fourth-order valence-corrected chi connectivity index (χ4v) is 2.08. The number of hydrogen-bond acceptors (Lipinski definition) is 5. The summed E-state index contributed by atoms with van der Waals surface area (Å²) in [7, 11) is 2.93. The summed E-state index contributed by atoms with van der Waals surface area (Å²) in [6, 6.07) is 13.3. The Bertz CT molecular complexity index is 775.